The van der Waals surface area contributed by atoms with Crippen molar-refractivity contribution in [1.29, 1.82) is 0 Å². The summed E-state index contributed by atoms with van der Waals surface area (Å²) in [7, 11) is 0. The monoisotopic (exact) mass is 511 g/mol. The summed E-state index contributed by atoms with van der Waals surface area (Å²) >= 11 is 4.01. The molecule has 15 heteroatoms. The Bertz CT molecular complexity index is 907. The maximum Gasteiger partial charge on any atom is 0.326 e. The Hall–Kier alpha value is -3.33. The number of likely N-dealkylation sites (tertiary alicyclic amines) is 1. The molecule has 10 N–H and O–H groups in total. The van der Waals surface area contributed by atoms with E-state index >= 15 is 0 Å². The highest BCUT2D eigenvalue weighted by atomic mass is 32.1. The van der Waals surface area contributed by atoms with Crippen molar-refractivity contribution < 1.29 is 24.3 Å². The third-order valence-corrected chi connectivity index (χ3v) is 5.92. The number of hydrogen-bond donors (Lipinski definition) is 8. The van der Waals surface area contributed by atoms with Gasteiger partial charge in [-0.2, -0.15) is 12.6 Å². The number of aliphatic imine (C=N–C) groups is 1. The van der Waals surface area contributed by atoms with Gasteiger partial charge in [0, 0.05) is 37.2 Å². The lowest BCUT2D eigenvalue weighted by Gasteiger charge is -2.29. The van der Waals surface area contributed by atoms with E-state index in [4.69, 9.17) is 17.2 Å². The molecule has 4 atom stereocenters. The van der Waals surface area contributed by atoms with Crippen LogP contribution in [0.1, 0.15) is 31.4 Å². The van der Waals surface area contributed by atoms with Crippen molar-refractivity contribution in [2.24, 2.45) is 22.2 Å². The number of thiol groups is 1. The standard InChI is InChI=1S/C20H33N9O5S/c21-12(9-35)16(30)28-14(7-11-8-24-10-26-11)17(31)27-13(3-1-5-25-20(22)23)18(32)29-6-2-4-15(29)19(33)34/h8,10,12-15,35H,1-7,9,21H2,(H,24,26)(H,27,31)(H,28,30)(H,33,34)(H4,22,23,25)/t12-,13-,14-,15-/m0/s1. The van der Waals surface area contributed by atoms with Crippen molar-refractivity contribution in [2.45, 2.75) is 56.3 Å². The number of guanidine groups is 1. The fourth-order valence-electron chi connectivity index (χ4n) is 3.71. The Balaban J connectivity index is 2.21. The molecule has 0 saturated carbocycles. The van der Waals surface area contributed by atoms with Crippen LogP contribution < -0.4 is 27.8 Å². The van der Waals surface area contributed by atoms with Gasteiger partial charge in [-0.05, 0) is 25.7 Å². The number of hydrogen-bond acceptors (Lipinski definition) is 8. The molecule has 3 amide bonds. The van der Waals surface area contributed by atoms with Gasteiger partial charge in [0.2, 0.25) is 17.7 Å². The molecule has 0 unspecified atom stereocenters. The quantitative estimate of drug-likeness (QED) is 0.0594. The summed E-state index contributed by atoms with van der Waals surface area (Å²) < 4.78 is 0. The Kier molecular flexibility index (Phi) is 10.8. The van der Waals surface area contributed by atoms with Gasteiger partial charge in [0.05, 0.1) is 12.4 Å². The van der Waals surface area contributed by atoms with Crippen LogP contribution in [0.4, 0.5) is 0 Å². The summed E-state index contributed by atoms with van der Waals surface area (Å²) in [5, 5.41) is 14.7. The number of nitrogens with one attached hydrogen (secondary N) is 3. The molecule has 1 aliphatic heterocycles. The second kappa shape index (κ2) is 13.5. The lowest BCUT2D eigenvalue weighted by atomic mass is 10.1. The highest BCUT2D eigenvalue weighted by Gasteiger charge is 2.38. The predicted octanol–water partition coefficient (Wildman–Crippen LogP) is -2.69. The third kappa shape index (κ3) is 8.43. The molecule has 1 fully saturated rings. The van der Waals surface area contributed by atoms with Crippen LogP contribution >= 0.6 is 12.6 Å². The molecule has 2 heterocycles. The van der Waals surface area contributed by atoms with Crippen LogP contribution in [0.2, 0.25) is 0 Å². The highest BCUT2D eigenvalue weighted by molar-refractivity contribution is 7.80. The highest BCUT2D eigenvalue weighted by Crippen LogP contribution is 2.20. The van der Waals surface area contributed by atoms with E-state index in [0.717, 1.165) is 0 Å². The van der Waals surface area contributed by atoms with Crippen LogP contribution in [0, 0.1) is 0 Å². The summed E-state index contributed by atoms with van der Waals surface area (Å²) in [6, 6.07) is -4.02. The number of imidazole rings is 1. The molecule has 1 aromatic rings. The number of carbonyl (C=O) groups is 4. The minimum Gasteiger partial charge on any atom is -0.480 e. The minimum atomic E-state index is -1.11. The van der Waals surface area contributed by atoms with E-state index in [1.54, 1.807) is 0 Å². The maximum atomic E-state index is 13.3. The number of aliphatic carboxylic acids is 1. The zero-order chi connectivity index (χ0) is 26.0. The molecule has 14 nitrogen and oxygen atoms in total. The van der Waals surface area contributed by atoms with Gasteiger partial charge < -0.3 is 42.8 Å². The van der Waals surface area contributed by atoms with Crippen LogP contribution in [0.5, 0.6) is 0 Å². The number of carbonyl (C=O) groups excluding carboxylic acids is 3. The molecule has 0 bridgehead atoms. The van der Waals surface area contributed by atoms with Gasteiger partial charge in [0.15, 0.2) is 5.96 Å². The zero-order valence-electron chi connectivity index (χ0n) is 19.2. The maximum absolute atomic E-state index is 13.3. The van der Waals surface area contributed by atoms with Crippen molar-refractivity contribution in [1.82, 2.24) is 25.5 Å². The second-order valence-corrected chi connectivity index (χ2v) is 8.53. The van der Waals surface area contributed by atoms with Gasteiger partial charge in [0.1, 0.15) is 18.1 Å². The van der Waals surface area contributed by atoms with Gasteiger partial charge in [-0.3, -0.25) is 19.4 Å². The van der Waals surface area contributed by atoms with E-state index in [9.17, 15) is 24.3 Å². The van der Waals surface area contributed by atoms with Gasteiger partial charge in [-0.1, -0.05) is 0 Å². The lowest BCUT2D eigenvalue weighted by Crippen LogP contribution is -2.57. The number of aromatic amines is 1. The number of carboxylic acids is 1. The Morgan fingerprint density at radius 2 is 1.97 bits per heavy atom. The predicted molar refractivity (Wildman–Crippen MR) is 130 cm³/mol. The molecule has 1 aromatic heterocycles. The molecule has 1 saturated heterocycles. The summed E-state index contributed by atoms with van der Waals surface area (Å²) in [6.45, 7) is 0.483. The SMILES string of the molecule is NC(N)=NCCC[C@H](NC(=O)[C@H](Cc1cnc[nH]1)NC(=O)[C@@H](N)CS)C(=O)N1CCC[C@H]1C(=O)O. The smallest absolute Gasteiger partial charge is 0.326 e. The van der Waals surface area contributed by atoms with Crippen LogP contribution in [-0.4, -0.2) is 92.6 Å². The number of carboxylic acid groups (broad SMARTS) is 1. The first-order valence-electron chi connectivity index (χ1n) is 11.2. The van der Waals surface area contributed by atoms with Crippen molar-refractivity contribution in [3.05, 3.63) is 18.2 Å². The summed E-state index contributed by atoms with van der Waals surface area (Å²) in [5.41, 5.74) is 17.0. The van der Waals surface area contributed by atoms with Crippen LogP contribution in [0.15, 0.2) is 17.5 Å². The van der Waals surface area contributed by atoms with Gasteiger partial charge in [-0.15, -0.1) is 0 Å². The van der Waals surface area contributed by atoms with Crippen LogP contribution in [0.3, 0.4) is 0 Å². The van der Waals surface area contributed by atoms with Gasteiger partial charge >= 0.3 is 5.97 Å². The molecule has 194 valence electrons. The topological polar surface area (TPSA) is 235 Å². The molecule has 0 radical (unpaired) electrons. The zero-order valence-corrected chi connectivity index (χ0v) is 20.1. The van der Waals surface area contributed by atoms with Crippen LogP contribution in [-0.2, 0) is 25.6 Å². The Morgan fingerprint density at radius 1 is 1.26 bits per heavy atom. The molecular formula is C20H33N9O5S. The largest absolute Gasteiger partial charge is 0.480 e. The molecule has 35 heavy (non-hydrogen) atoms. The van der Waals surface area contributed by atoms with Gasteiger partial charge in [0.25, 0.3) is 0 Å². The summed E-state index contributed by atoms with van der Waals surface area (Å²) in [5.74, 6) is -2.88. The molecule has 0 aromatic carbocycles. The fraction of sp³-hybridized carbons (Fsp3) is 0.600. The van der Waals surface area contributed by atoms with Crippen molar-refractivity contribution in [3.8, 4) is 0 Å². The van der Waals surface area contributed by atoms with E-state index in [2.05, 4.69) is 38.2 Å². The van der Waals surface area contributed by atoms with E-state index < -0.39 is 47.9 Å². The second-order valence-electron chi connectivity index (χ2n) is 8.17. The average Bonchev–Trinajstić information content (AvgIpc) is 3.51. The number of aromatic nitrogens is 2. The lowest BCUT2D eigenvalue weighted by molar-refractivity contribution is -0.149. The average molecular weight is 512 g/mol. The molecule has 0 aliphatic carbocycles. The van der Waals surface area contributed by atoms with Crippen molar-refractivity contribution in [3.63, 3.8) is 0 Å². The Labute approximate surface area is 207 Å². The number of nitrogens with zero attached hydrogens (tertiary/aromatic N) is 3. The van der Waals surface area contributed by atoms with E-state index in [1.807, 2.05) is 0 Å². The van der Waals surface area contributed by atoms with Crippen molar-refractivity contribution >= 4 is 42.3 Å². The third-order valence-electron chi connectivity index (χ3n) is 5.53. The summed E-state index contributed by atoms with van der Waals surface area (Å²) in [4.78, 5) is 62.4. The molecule has 0 spiro atoms. The molecule has 1 aliphatic rings. The first-order chi connectivity index (χ1) is 16.6. The van der Waals surface area contributed by atoms with E-state index in [-0.39, 0.29) is 37.6 Å². The number of H-pyrrole nitrogens is 1. The van der Waals surface area contributed by atoms with E-state index in [1.165, 1.54) is 17.4 Å². The first kappa shape index (κ1) is 27.9. The first-order valence-corrected chi connectivity index (χ1v) is 11.8. The number of rotatable bonds is 13. The van der Waals surface area contributed by atoms with Crippen LogP contribution in [0.25, 0.3) is 0 Å². The Morgan fingerprint density at radius 3 is 2.57 bits per heavy atom. The molecule has 2 rings (SSSR count). The normalized spacial score (nSPS) is 17.8. The minimum absolute atomic E-state index is 0.0627. The summed E-state index contributed by atoms with van der Waals surface area (Å²) in [6.07, 6.45) is 4.37. The van der Waals surface area contributed by atoms with Crippen molar-refractivity contribution in [2.75, 3.05) is 18.8 Å². The van der Waals surface area contributed by atoms with E-state index in [0.29, 0.717) is 25.0 Å². The number of nitrogens with two attached hydrogens (primary N) is 3. The van der Waals surface area contributed by atoms with Gasteiger partial charge in [-0.25, -0.2) is 9.78 Å². The fourth-order valence-corrected chi connectivity index (χ4v) is 3.87. The molecular weight excluding hydrogens is 478 g/mol. The number of amides is 3.